The quantitative estimate of drug-likeness (QED) is 0.559. The molecule has 1 amide bonds. The highest BCUT2D eigenvalue weighted by Crippen LogP contribution is 2.19. The molecule has 28 heavy (non-hydrogen) atoms. The number of anilines is 1. The van der Waals surface area contributed by atoms with Crippen LogP contribution in [0.25, 0.3) is 0 Å². The predicted molar refractivity (Wildman–Crippen MR) is 103 cm³/mol. The summed E-state index contributed by atoms with van der Waals surface area (Å²) < 4.78 is 30.2. The summed E-state index contributed by atoms with van der Waals surface area (Å²) in [5, 5.41) is 2.71. The molecule has 9 heteroatoms. The summed E-state index contributed by atoms with van der Waals surface area (Å²) in [5.74, 6) is -1.30. The first-order chi connectivity index (χ1) is 13.2. The molecule has 0 spiro atoms. The van der Waals surface area contributed by atoms with Gasteiger partial charge in [-0.15, -0.1) is 0 Å². The van der Waals surface area contributed by atoms with Crippen LogP contribution in [-0.4, -0.2) is 45.5 Å². The third-order valence-corrected chi connectivity index (χ3v) is 5.72. The van der Waals surface area contributed by atoms with Gasteiger partial charge in [-0.05, 0) is 43.2 Å². The summed E-state index contributed by atoms with van der Waals surface area (Å²) in [6, 6.07) is 10.9. The van der Waals surface area contributed by atoms with E-state index >= 15 is 0 Å². The molecule has 0 unspecified atom stereocenters. The summed E-state index contributed by atoms with van der Waals surface area (Å²) in [6.07, 6.45) is 0. The maximum Gasteiger partial charge on any atom is 0.338 e. The van der Waals surface area contributed by atoms with E-state index < -0.39 is 28.5 Å². The van der Waals surface area contributed by atoms with Crippen molar-refractivity contribution < 1.29 is 27.6 Å². The number of esters is 1. The first-order valence-electron chi connectivity index (χ1n) is 8.33. The Hall–Kier alpha value is -2.75. The second-order valence-corrected chi connectivity index (χ2v) is 7.95. The third kappa shape index (κ3) is 4.94. The zero-order valence-electron chi connectivity index (χ0n) is 16.1. The van der Waals surface area contributed by atoms with Crippen LogP contribution in [0.4, 0.5) is 5.69 Å². The zero-order chi connectivity index (χ0) is 20.9. The highest BCUT2D eigenvalue weighted by Gasteiger charge is 2.22. The Kier molecular flexibility index (Phi) is 6.90. The molecule has 0 fully saturated rings. The Morgan fingerprint density at radius 3 is 2.29 bits per heavy atom. The number of carbonyl (C=O) groups is 2. The van der Waals surface area contributed by atoms with Gasteiger partial charge in [0.15, 0.2) is 6.61 Å². The van der Waals surface area contributed by atoms with E-state index in [1.807, 2.05) is 32.0 Å². The van der Waals surface area contributed by atoms with Gasteiger partial charge in [0.2, 0.25) is 0 Å². The number of nitrogens with zero attached hydrogens (tertiary/aromatic N) is 1. The van der Waals surface area contributed by atoms with E-state index in [2.05, 4.69) is 5.32 Å². The van der Waals surface area contributed by atoms with E-state index in [4.69, 9.17) is 9.57 Å². The van der Waals surface area contributed by atoms with Crippen molar-refractivity contribution in [2.45, 2.75) is 18.7 Å². The monoisotopic (exact) mass is 406 g/mol. The Morgan fingerprint density at radius 1 is 1.07 bits per heavy atom. The number of aryl methyl sites for hydroxylation is 2. The molecule has 0 aromatic heterocycles. The van der Waals surface area contributed by atoms with Crippen LogP contribution in [0, 0.1) is 13.8 Å². The number of benzene rings is 2. The van der Waals surface area contributed by atoms with Crippen molar-refractivity contribution >= 4 is 27.6 Å². The van der Waals surface area contributed by atoms with Crippen LogP contribution >= 0.6 is 0 Å². The molecule has 2 aromatic carbocycles. The number of ether oxygens (including phenoxy) is 1. The lowest BCUT2D eigenvalue weighted by atomic mass is 10.1. The van der Waals surface area contributed by atoms with E-state index in [9.17, 15) is 18.0 Å². The van der Waals surface area contributed by atoms with Crippen molar-refractivity contribution in [3.63, 3.8) is 0 Å². The standard InChI is InChI=1S/C19H22N2O6S/c1-13-7-5-8-14(2)18(13)20-17(22)12-27-19(23)15-9-6-10-16(11-15)28(24,25)21(3)26-4/h5-11H,12H2,1-4H3,(H,20,22). The number of amides is 1. The molecule has 150 valence electrons. The average molecular weight is 406 g/mol. The summed E-state index contributed by atoms with van der Waals surface area (Å²) in [4.78, 5) is 28.9. The summed E-state index contributed by atoms with van der Waals surface area (Å²) in [6.45, 7) is 3.22. The molecule has 1 N–H and O–H groups in total. The van der Waals surface area contributed by atoms with Gasteiger partial charge in [-0.25, -0.2) is 13.2 Å². The predicted octanol–water partition coefficient (Wildman–Crippen LogP) is 2.28. The van der Waals surface area contributed by atoms with Gasteiger partial charge in [0.25, 0.3) is 15.9 Å². The van der Waals surface area contributed by atoms with Gasteiger partial charge in [0, 0.05) is 12.7 Å². The number of rotatable bonds is 7. The number of sulfonamides is 1. The molecule has 0 heterocycles. The maximum atomic E-state index is 12.3. The Balaban J connectivity index is 2.06. The Bertz CT molecular complexity index is 967. The van der Waals surface area contributed by atoms with Gasteiger partial charge in [-0.3, -0.25) is 9.63 Å². The molecule has 0 bridgehead atoms. The van der Waals surface area contributed by atoms with E-state index in [1.165, 1.54) is 32.4 Å². The van der Waals surface area contributed by atoms with Crippen molar-refractivity contribution in [3.8, 4) is 0 Å². The molecule has 0 aliphatic heterocycles. The fourth-order valence-corrected chi connectivity index (χ4v) is 3.45. The number of hydroxylamine groups is 1. The van der Waals surface area contributed by atoms with E-state index in [-0.39, 0.29) is 10.5 Å². The lowest BCUT2D eigenvalue weighted by molar-refractivity contribution is -0.119. The van der Waals surface area contributed by atoms with Gasteiger partial charge in [0.05, 0.1) is 17.6 Å². The van der Waals surface area contributed by atoms with Gasteiger partial charge in [-0.2, -0.15) is 0 Å². The van der Waals surface area contributed by atoms with Crippen LogP contribution in [0.3, 0.4) is 0 Å². The van der Waals surface area contributed by atoms with Crippen molar-refractivity contribution in [1.29, 1.82) is 0 Å². The van der Waals surface area contributed by atoms with Crippen LogP contribution in [0.15, 0.2) is 47.4 Å². The number of hydrogen-bond donors (Lipinski definition) is 1. The molecule has 8 nitrogen and oxygen atoms in total. The molecule has 2 aromatic rings. The van der Waals surface area contributed by atoms with Crippen molar-refractivity contribution in [3.05, 3.63) is 59.2 Å². The minimum absolute atomic E-state index is 0.00505. The number of nitrogens with one attached hydrogen (secondary N) is 1. The minimum atomic E-state index is -3.90. The minimum Gasteiger partial charge on any atom is -0.452 e. The summed E-state index contributed by atoms with van der Waals surface area (Å²) in [7, 11) is -1.46. The van der Waals surface area contributed by atoms with Gasteiger partial charge < -0.3 is 10.1 Å². The normalized spacial score (nSPS) is 11.3. The molecule has 0 saturated carbocycles. The zero-order valence-corrected chi connectivity index (χ0v) is 16.9. The average Bonchev–Trinajstić information content (AvgIpc) is 2.68. The molecule has 0 radical (unpaired) electrons. The van der Waals surface area contributed by atoms with E-state index in [0.29, 0.717) is 10.2 Å². The lowest BCUT2D eigenvalue weighted by Crippen LogP contribution is -2.26. The molecule has 0 aliphatic rings. The lowest BCUT2D eigenvalue weighted by Gasteiger charge is -2.14. The van der Waals surface area contributed by atoms with Crippen LogP contribution in [0.2, 0.25) is 0 Å². The maximum absolute atomic E-state index is 12.3. The Labute approximate surface area is 164 Å². The number of para-hydroxylation sites is 1. The highest BCUT2D eigenvalue weighted by atomic mass is 32.2. The second-order valence-electron chi connectivity index (χ2n) is 6.02. The molecule has 0 saturated heterocycles. The fourth-order valence-electron chi connectivity index (χ4n) is 2.43. The first kappa shape index (κ1) is 21.5. The molecular weight excluding hydrogens is 384 g/mol. The number of hydrogen-bond acceptors (Lipinski definition) is 6. The molecular formula is C19H22N2O6S. The largest absolute Gasteiger partial charge is 0.452 e. The van der Waals surface area contributed by atoms with E-state index in [0.717, 1.165) is 17.2 Å². The van der Waals surface area contributed by atoms with E-state index in [1.54, 1.807) is 0 Å². The highest BCUT2D eigenvalue weighted by molar-refractivity contribution is 7.89. The number of carbonyl (C=O) groups excluding carboxylic acids is 2. The van der Waals surface area contributed by atoms with Crippen LogP contribution < -0.4 is 5.32 Å². The van der Waals surface area contributed by atoms with Gasteiger partial charge in [0.1, 0.15) is 0 Å². The van der Waals surface area contributed by atoms with Crippen LogP contribution in [0.5, 0.6) is 0 Å². The van der Waals surface area contributed by atoms with Crippen molar-refractivity contribution in [2.75, 3.05) is 26.1 Å². The first-order valence-corrected chi connectivity index (χ1v) is 9.77. The van der Waals surface area contributed by atoms with Crippen LogP contribution in [-0.2, 0) is 24.4 Å². The van der Waals surface area contributed by atoms with Gasteiger partial charge >= 0.3 is 5.97 Å². The Morgan fingerprint density at radius 2 is 1.68 bits per heavy atom. The van der Waals surface area contributed by atoms with Crippen molar-refractivity contribution in [2.24, 2.45) is 0 Å². The molecule has 0 atom stereocenters. The summed E-state index contributed by atoms with van der Waals surface area (Å²) >= 11 is 0. The van der Waals surface area contributed by atoms with Crippen molar-refractivity contribution in [1.82, 2.24) is 4.47 Å². The summed E-state index contributed by atoms with van der Waals surface area (Å²) in [5.41, 5.74) is 2.45. The fraction of sp³-hybridized carbons (Fsp3) is 0.263. The topological polar surface area (TPSA) is 102 Å². The third-order valence-electron chi connectivity index (χ3n) is 4.04. The second kappa shape index (κ2) is 8.96. The molecule has 2 rings (SSSR count). The SMILES string of the molecule is CON(C)S(=O)(=O)c1cccc(C(=O)OCC(=O)Nc2c(C)cccc2C)c1. The van der Waals surface area contributed by atoms with Gasteiger partial charge in [-0.1, -0.05) is 28.7 Å². The smallest absolute Gasteiger partial charge is 0.338 e. The molecule has 0 aliphatic carbocycles. The van der Waals surface area contributed by atoms with Crippen LogP contribution in [0.1, 0.15) is 21.5 Å².